The number of nitrogens with two attached hydrogens (primary N) is 1. The standard InChI is InChI=1S/C10H19NO/c1-3-4-5-8(10(11)12)9-6-7(9)2/h7-9H,3-6H2,1-2H3,(H2,11,12). The molecule has 0 spiro atoms. The van der Waals surface area contributed by atoms with Gasteiger partial charge in [-0.3, -0.25) is 4.79 Å². The summed E-state index contributed by atoms with van der Waals surface area (Å²) >= 11 is 0. The fraction of sp³-hybridized carbons (Fsp3) is 0.900. The predicted molar refractivity (Wildman–Crippen MR) is 49.5 cm³/mol. The summed E-state index contributed by atoms with van der Waals surface area (Å²) in [6.45, 7) is 4.35. The minimum absolute atomic E-state index is 0.0854. The van der Waals surface area contributed by atoms with Crippen molar-refractivity contribution in [3.63, 3.8) is 0 Å². The maximum absolute atomic E-state index is 11.1. The van der Waals surface area contributed by atoms with Crippen LogP contribution in [0.4, 0.5) is 0 Å². The van der Waals surface area contributed by atoms with E-state index >= 15 is 0 Å². The highest BCUT2D eigenvalue weighted by atomic mass is 16.1. The van der Waals surface area contributed by atoms with Gasteiger partial charge in [0.15, 0.2) is 0 Å². The number of amides is 1. The first-order valence-electron chi connectivity index (χ1n) is 4.96. The smallest absolute Gasteiger partial charge is 0.220 e. The first-order valence-corrected chi connectivity index (χ1v) is 4.96. The third-order valence-corrected chi connectivity index (χ3v) is 2.92. The normalized spacial score (nSPS) is 29.8. The van der Waals surface area contributed by atoms with Crippen molar-refractivity contribution in [2.45, 2.75) is 39.5 Å². The van der Waals surface area contributed by atoms with Crippen molar-refractivity contribution < 1.29 is 4.79 Å². The number of hydrogen-bond donors (Lipinski definition) is 1. The van der Waals surface area contributed by atoms with Crippen molar-refractivity contribution >= 4 is 5.91 Å². The van der Waals surface area contributed by atoms with Crippen molar-refractivity contribution in [3.05, 3.63) is 0 Å². The maximum Gasteiger partial charge on any atom is 0.220 e. The molecule has 0 heterocycles. The Morgan fingerprint density at radius 1 is 1.67 bits per heavy atom. The van der Waals surface area contributed by atoms with Crippen molar-refractivity contribution in [3.8, 4) is 0 Å². The summed E-state index contributed by atoms with van der Waals surface area (Å²) < 4.78 is 0. The molecule has 1 rings (SSSR count). The zero-order valence-corrected chi connectivity index (χ0v) is 8.05. The highest BCUT2D eigenvalue weighted by Gasteiger charge is 2.41. The van der Waals surface area contributed by atoms with Crippen LogP contribution < -0.4 is 5.73 Å². The van der Waals surface area contributed by atoms with Crippen LogP contribution in [0.15, 0.2) is 0 Å². The molecular formula is C10H19NO. The van der Waals surface area contributed by atoms with Crippen molar-refractivity contribution in [2.75, 3.05) is 0 Å². The minimum Gasteiger partial charge on any atom is -0.369 e. The maximum atomic E-state index is 11.1. The second-order valence-corrected chi connectivity index (χ2v) is 4.03. The van der Waals surface area contributed by atoms with E-state index in [2.05, 4.69) is 13.8 Å². The largest absolute Gasteiger partial charge is 0.369 e. The van der Waals surface area contributed by atoms with E-state index in [4.69, 9.17) is 5.73 Å². The lowest BCUT2D eigenvalue weighted by atomic mass is 9.95. The summed E-state index contributed by atoms with van der Waals surface area (Å²) in [4.78, 5) is 11.1. The minimum atomic E-state index is -0.0854. The third kappa shape index (κ3) is 2.23. The fourth-order valence-electron chi connectivity index (χ4n) is 1.90. The Morgan fingerprint density at radius 2 is 2.25 bits per heavy atom. The topological polar surface area (TPSA) is 43.1 Å². The van der Waals surface area contributed by atoms with Gasteiger partial charge in [-0.15, -0.1) is 0 Å². The molecule has 0 bridgehead atoms. The summed E-state index contributed by atoms with van der Waals surface area (Å²) in [6.07, 6.45) is 4.50. The molecule has 0 aromatic rings. The molecule has 70 valence electrons. The van der Waals surface area contributed by atoms with Gasteiger partial charge >= 0.3 is 0 Å². The van der Waals surface area contributed by atoms with Crippen LogP contribution in [0.1, 0.15) is 39.5 Å². The number of unbranched alkanes of at least 4 members (excludes halogenated alkanes) is 1. The Bertz CT molecular complexity index is 167. The number of carbonyl (C=O) groups excluding carboxylic acids is 1. The van der Waals surface area contributed by atoms with Crippen LogP contribution in [0.2, 0.25) is 0 Å². The molecule has 0 radical (unpaired) electrons. The number of hydrogen-bond acceptors (Lipinski definition) is 1. The van der Waals surface area contributed by atoms with Gasteiger partial charge in [-0.05, 0) is 24.7 Å². The Kier molecular flexibility index (Phi) is 3.12. The number of rotatable bonds is 5. The van der Waals surface area contributed by atoms with Gasteiger partial charge < -0.3 is 5.73 Å². The van der Waals surface area contributed by atoms with E-state index in [-0.39, 0.29) is 11.8 Å². The molecule has 0 saturated heterocycles. The van der Waals surface area contributed by atoms with Crippen molar-refractivity contribution in [1.29, 1.82) is 0 Å². The van der Waals surface area contributed by atoms with Crippen LogP contribution in [-0.4, -0.2) is 5.91 Å². The molecule has 1 aliphatic rings. The monoisotopic (exact) mass is 169 g/mol. The Balaban J connectivity index is 2.34. The third-order valence-electron chi connectivity index (χ3n) is 2.92. The summed E-state index contributed by atoms with van der Waals surface area (Å²) in [7, 11) is 0. The van der Waals surface area contributed by atoms with Crippen LogP contribution in [0.3, 0.4) is 0 Å². The molecule has 1 aliphatic carbocycles. The molecule has 0 aromatic carbocycles. The molecule has 0 aromatic heterocycles. The number of carbonyl (C=O) groups is 1. The highest BCUT2D eigenvalue weighted by Crippen LogP contribution is 2.45. The Labute approximate surface area is 74.5 Å². The van der Waals surface area contributed by atoms with Gasteiger partial charge in [0.1, 0.15) is 0 Å². The van der Waals surface area contributed by atoms with Crippen molar-refractivity contribution in [1.82, 2.24) is 0 Å². The van der Waals surface area contributed by atoms with E-state index in [1.165, 1.54) is 6.42 Å². The number of primary amides is 1. The van der Waals surface area contributed by atoms with E-state index in [0.29, 0.717) is 5.92 Å². The van der Waals surface area contributed by atoms with E-state index < -0.39 is 0 Å². The molecule has 3 atom stereocenters. The van der Waals surface area contributed by atoms with E-state index in [1.54, 1.807) is 0 Å². The van der Waals surface area contributed by atoms with E-state index in [9.17, 15) is 4.79 Å². The molecule has 2 heteroatoms. The van der Waals surface area contributed by atoms with Gasteiger partial charge in [-0.25, -0.2) is 0 Å². The Hall–Kier alpha value is -0.530. The zero-order valence-electron chi connectivity index (χ0n) is 8.05. The van der Waals surface area contributed by atoms with Crippen LogP contribution in [0.5, 0.6) is 0 Å². The Morgan fingerprint density at radius 3 is 2.58 bits per heavy atom. The summed E-state index contributed by atoms with van der Waals surface area (Å²) in [6, 6.07) is 0. The fourth-order valence-corrected chi connectivity index (χ4v) is 1.90. The highest BCUT2D eigenvalue weighted by molar-refractivity contribution is 5.77. The predicted octanol–water partition coefficient (Wildman–Crippen LogP) is 1.93. The lowest BCUT2D eigenvalue weighted by Crippen LogP contribution is -2.25. The summed E-state index contributed by atoms with van der Waals surface area (Å²) in [5, 5.41) is 0. The van der Waals surface area contributed by atoms with E-state index in [1.807, 2.05) is 0 Å². The first-order chi connectivity index (χ1) is 5.66. The second kappa shape index (κ2) is 3.92. The molecule has 1 saturated carbocycles. The first kappa shape index (κ1) is 9.56. The molecule has 0 aliphatic heterocycles. The quantitative estimate of drug-likeness (QED) is 0.671. The molecule has 1 amide bonds. The van der Waals surface area contributed by atoms with Crippen LogP contribution in [0.25, 0.3) is 0 Å². The molecule has 3 unspecified atom stereocenters. The molecule has 2 nitrogen and oxygen atoms in total. The van der Waals surface area contributed by atoms with Gasteiger partial charge in [-0.1, -0.05) is 26.7 Å². The van der Waals surface area contributed by atoms with Crippen LogP contribution in [0, 0.1) is 17.8 Å². The van der Waals surface area contributed by atoms with Gasteiger partial charge in [0.05, 0.1) is 0 Å². The summed E-state index contributed by atoms with van der Waals surface area (Å²) in [5.41, 5.74) is 5.34. The van der Waals surface area contributed by atoms with Gasteiger partial charge in [0, 0.05) is 5.92 Å². The SMILES string of the molecule is CCCCC(C(N)=O)C1CC1C. The lowest BCUT2D eigenvalue weighted by molar-refractivity contribution is -0.122. The van der Waals surface area contributed by atoms with Gasteiger partial charge in [-0.2, -0.15) is 0 Å². The van der Waals surface area contributed by atoms with Gasteiger partial charge in [0.25, 0.3) is 0 Å². The molecule has 1 fully saturated rings. The summed E-state index contributed by atoms with van der Waals surface area (Å²) in [5.74, 6) is 1.42. The second-order valence-electron chi connectivity index (χ2n) is 4.03. The average molecular weight is 169 g/mol. The van der Waals surface area contributed by atoms with Gasteiger partial charge in [0.2, 0.25) is 5.91 Å². The van der Waals surface area contributed by atoms with Crippen molar-refractivity contribution in [2.24, 2.45) is 23.5 Å². The molecule has 2 N–H and O–H groups in total. The molecular weight excluding hydrogens is 150 g/mol. The van der Waals surface area contributed by atoms with E-state index in [0.717, 1.165) is 25.2 Å². The average Bonchev–Trinajstić information content (AvgIpc) is 2.67. The lowest BCUT2D eigenvalue weighted by Gasteiger charge is -2.11. The van der Waals surface area contributed by atoms with Crippen LogP contribution >= 0.6 is 0 Å². The van der Waals surface area contributed by atoms with Crippen LogP contribution in [-0.2, 0) is 4.79 Å². The zero-order chi connectivity index (χ0) is 9.14. The molecule has 12 heavy (non-hydrogen) atoms.